The van der Waals surface area contributed by atoms with E-state index in [1.807, 2.05) is 32.6 Å². The first kappa shape index (κ1) is 21.2. The number of fused-ring (bicyclic) bond motifs is 1. The van der Waals surface area contributed by atoms with Crippen LogP contribution in [0.2, 0.25) is 0 Å². The van der Waals surface area contributed by atoms with Gasteiger partial charge in [-0.2, -0.15) is 0 Å². The minimum Gasteiger partial charge on any atom is -0.462 e. The fraction of sp³-hybridized carbons (Fsp3) is 0.571. The van der Waals surface area contributed by atoms with Gasteiger partial charge >= 0.3 is 5.97 Å². The van der Waals surface area contributed by atoms with Crippen LogP contribution in [0, 0.1) is 11.7 Å². The number of aromatic nitrogens is 2. The maximum Gasteiger partial charge on any atom is 0.343 e. The molecule has 1 aliphatic heterocycles. The van der Waals surface area contributed by atoms with E-state index in [2.05, 4.69) is 4.98 Å². The van der Waals surface area contributed by atoms with Crippen molar-refractivity contribution < 1.29 is 13.9 Å². The summed E-state index contributed by atoms with van der Waals surface area (Å²) in [6.45, 7) is 10.8. The van der Waals surface area contributed by atoms with Crippen LogP contribution >= 0.6 is 0 Å². The fourth-order valence-electron chi connectivity index (χ4n) is 3.71. The van der Waals surface area contributed by atoms with E-state index in [0.29, 0.717) is 18.7 Å². The zero-order valence-corrected chi connectivity index (χ0v) is 17.7. The molecule has 0 bridgehead atoms. The average Bonchev–Trinajstić information content (AvgIpc) is 3.11. The molecular weight excluding hydrogens is 375 g/mol. The Morgan fingerprint density at radius 3 is 2.69 bits per heavy atom. The lowest BCUT2D eigenvalue weighted by Gasteiger charge is -2.27. The largest absolute Gasteiger partial charge is 0.462 e. The quantitative estimate of drug-likeness (QED) is 0.788. The first-order chi connectivity index (χ1) is 13.5. The third-order valence-corrected chi connectivity index (χ3v) is 5.40. The van der Waals surface area contributed by atoms with E-state index in [0.717, 1.165) is 6.42 Å². The molecule has 2 atom stereocenters. The lowest BCUT2D eigenvalue weighted by atomic mass is 10.0. The summed E-state index contributed by atoms with van der Waals surface area (Å²) in [6.07, 6.45) is 2.33. The van der Waals surface area contributed by atoms with Crippen LogP contribution in [0.1, 0.15) is 51.4 Å². The second kappa shape index (κ2) is 7.74. The Kier molecular flexibility index (Phi) is 5.67. The van der Waals surface area contributed by atoms with Gasteiger partial charge < -0.3 is 19.9 Å². The third-order valence-electron chi connectivity index (χ3n) is 5.40. The molecule has 3 heterocycles. The number of pyridine rings is 2. The molecule has 0 saturated carbocycles. The summed E-state index contributed by atoms with van der Waals surface area (Å²) in [4.78, 5) is 31.6. The Hall–Kier alpha value is -2.48. The van der Waals surface area contributed by atoms with Crippen molar-refractivity contribution >= 4 is 22.8 Å². The molecule has 2 N–H and O–H groups in total. The van der Waals surface area contributed by atoms with Crippen LogP contribution in [0.4, 0.5) is 10.2 Å². The molecule has 0 spiro atoms. The molecule has 3 rings (SSSR count). The van der Waals surface area contributed by atoms with Gasteiger partial charge in [-0.05, 0) is 53.0 Å². The number of esters is 1. The fourth-order valence-corrected chi connectivity index (χ4v) is 3.71. The van der Waals surface area contributed by atoms with Crippen LogP contribution in [-0.2, 0) is 10.3 Å². The van der Waals surface area contributed by atoms with Crippen LogP contribution in [0.3, 0.4) is 0 Å². The smallest absolute Gasteiger partial charge is 0.343 e. The third kappa shape index (κ3) is 3.99. The van der Waals surface area contributed by atoms with E-state index < -0.39 is 22.8 Å². The first-order valence-electron chi connectivity index (χ1n) is 9.98. The zero-order chi connectivity index (χ0) is 21.5. The first-order valence-corrected chi connectivity index (χ1v) is 9.98. The van der Waals surface area contributed by atoms with Gasteiger partial charge in [0.15, 0.2) is 11.6 Å². The predicted molar refractivity (Wildman–Crippen MR) is 111 cm³/mol. The second-order valence-electron chi connectivity index (χ2n) is 8.65. The Balaban J connectivity index is 2.21. The number of anilines is 1. The zero-order valence-electron chi connectivity index (χ0n) is 17.7. The maximum absolute atomic E-state index is 15.0. The minimum absolute atomic E-state index is 0.0170. The van der Waals surface area contributed by atoms with Crippen molar-refractivity contribution in [2.24, 2.45) is 11.7 Å². The molecule has 158 valence electrons. The van der Waals surface area contributed by atoms with Crippen LogP contribution in [-0.4, -0.2) is 41.3 Å². The number of halogens is 1. The lowest BCUT2D eigenvalue weighted by Crippen LogP contribution is -2.31. The molecule has 2 aromatic rings. The van der Waals surface area contributed by atoms with Gasteiger partial charge in [-0.15, -0.1) is 0 Å². The van der Waals surface area contributed by atoms with Gasteiger partial charge in [0.25, 0.3) is 0 Å². The van der Waals surface area contributed by atoms with E-state index in [9.17, 15) is 14.0 Å². The summed E-state index contributed by atoms with van der Waals surface area (Å²) < 4.78 is 21.7. The Morgan fingerprint density at radius 2 is 2.14 bits per heavy atom. The highest BCUT2D eigenvalue weighted by atomic mass is 19.1. The number of hydrogen-bond acceptors (Lipinski definition) is 6. The highest BCUT2D eigenvalue weighted by Crippen LogP contribution is 2.29. The maximum atomic E-state index is 15.0. The minimum atomic E-state index is -0.721. The number of nitrogens with two attached hydrogens (primary N) is 1. The van der Waals surface area contributed by atoms with Gasteiger partial charge in [0.05, 0.1) is 12.0 Å². The van der Waals surface area contributed by atoms with E-state index in [4.69, 9.17) is 10.5 Å². The molecular formula is C21H29FN4O3. The summed E-state index contributed by atoms with van der Waals surface area (Å²) in [7, 11) is 0. The topological polar surface area (TPSA) is 90.5 Å². The summed E-state index contributed by atoms with van der Waals surface area (Å²) in [6, 6.07) is 1.20. The molecule has 0 amide bonds. The highest BCUT2D eigenvalue weighted by molar-refractivity contribution is 5.93. The Morgan fingerprint density at radius 1 is 1.45 bits per heavy atom. The van der Waals surface area contributed by atoms with Crippen LogP contribution in [0.5, 0.6) is 0 Å². The lowest BCUT2D eigenvalue weighted by molar-refractivity contribution is 0.0524. The molecule has 0 aliphatic carbocycles. The van der Waals surface area contributed by atoms with Gasteiger partial charge in [0.2, 0.25) is 5.43 Å². The van der Waals surface area contributed by atoms with Gasteiger partial charge in [0.1, 0.15) is 11.2 Å². The number of rotatable bonds is 4. The molecule has 29 heavy (non-hydrogen) atoms. The van der Waals surface area contributed by atoms with Crippen molar-refractivity contribution in [3.05, 3.63) is 33.9 Å². The molecule has 1 saturated heterocycles. The average molecular weight is 404 g/mol. The van der Waals surface area contributed by atoms with Crippen LogP contribution in [0.15, 0.2) is 17.1 Å². The normalized spacial score (nSPS) is 18.3. The van der Waals surface area contributed by atoms with E-state index >= 15 is 0 Å². The van der Waals surface area contributed by atoms with Gasteiger partial charge in [0, 0.05) is 30.9 Å². The molecule has 8 heteroatoms. The van der Waals surface area contributed by atoms with Crippen molar-refractivity contribution in [3.8, 4) is 0 Å². The van der Waals surface area contributed by atoms with E-state index in [1.165, 1.54) is 12.3 Å². The summed E-state index contributed by atoms with van der Waals surface area (Å²) in [5, 5.41) is 0.0645. The number of nitrogens with zero attached hydrogens (tertiary/aromatic N) is 3. The second-order valence-corrected chi connectivity index (χ2v) is 8.65. The number of ether oxygens (including phenoxy) is 1. The van der Waals surface area contributed by atoms with Gasteiger partial charge in [-0.3, -0.25) is 4.79 Å². The number of carbonyl (C=O) groups is 1. The molecule has 1 fully saturated rings. The molecule has 7 nitrogen and oxygen atoms in total. The monoisotopic (exact) mass is 404 g/mol. The molecule has 1 aliphatic rings. The van der Waals surface area contributed by atoms with E-state index in [-0.39, 0.29) is 35.3 Å². The standard InChI is InChI=1S/C21H29FN4O3/c1-6-29-20(28)15-11-26(21(3,4)5)18-14(17(15)27)9-16(22)19(24-18)25-8-7-13(10-25)12(2)23/h9,11-13H,6-8,10,23H2,1-5H3/t12-,13+/m0/s1. The van der Waals surface area contributed by atoms with Gasteiger partial charge in [-0.25, -0.2) is 14.2 Å². The molecule has 2 aromatic heterocycles. The van der Waals surface area contributed by atoms with Crippen molar-refractivity contribution in [3.63, 3.8) is 0 Å². The van der Waals surface area contributed by atoms with Crippen LogP contribution in [0.25, 0.3) is 11.0 Å². The molecule has 0 aromatic carbocycles. The van der Waals surface area contributed by atoms with Gasteiger partial charge in [-0.1, -0.05) is 0 Å². The summed E-state index contributed by atoms with van der Waals surface area (Å²) in [5.74, 6) is -0.826. The van der Waals surface area contributed by atoms with E-state index in [1.54, 1.807) is 11.5 Å². The summed E-state index contributed by atoms with van der Waals surface area (Å²) >= 11 is 0. The Labute approximate surface area is 169 Å². The number of hydrogen-bond donors (Lipinski definition) is 1. The van der Waals surface area contributed by atoms with Crippen molar-refractivity contribution in [2.45, 2.75) is 52.6 Å². The number of carbonyl (C=O) groups excluding carboxylic acids is 1. The molecule has 0 unspecified atom stereocenters. The highest BCUT2D eigenvalue weighted by Gasteiger charge is 2.30. The SMILES string of the molecule is CCOC(=O)c1cn(C(C)(C)C)c2nc(N3CC[C@@H]([C@H](C)N)C3)c(F)cc2c1=O. The Bertz CT molecular complexity index is 994. The van der Waals surface area contributed by atoms with Crippen molar-refractivity contribution in [1.82, 2.24) is 9.55 Å². The van der Waals surface area contributed by atoms with Crippen LogP contribution < -0.4 is 16.1 Å². The molecule has 0 radical (unpaired) electrons. The predicted octanol–water partition coefficient (Wildman–Crippen LogP) is 2.64. The van der Waals surface area contributed by atoms with Crippen molar-refractivity contribution in [2.75, 3.05) is 24.6 Å². The summed E-state index contributed by atoms with van der Waals surface area (Å²) in [5.41, 5.74) is 5.16. The van der Waals surface area contributed by atoms with Crippen molar-refractivity contribution in [1.29, 1.82) is 0 Å².